The third-order valence-corrected chi connectivity index (χ3v) is 9.25. The Labute approximate surface area is 308 Å². The molecular weight excluding hydrogens is 831 g/mol. The van der Waals surface area contributed by atoms with Gasteiger partial charge in [0.1, 0.15) is 54.1 Å². The van der Waals surface area contributed by atoms with Crippen LogP contribution in [0.4, 0.5) is 22.0 Å². The van der Waals surface area contributed by atoms with E-state index in [-0.39, 0.29) is 51.8 Å². The zero-order chi connectivity index (χ0) is 37.5. The van der Waals surface area contributed by atoms with Gasteiger partial charge >= 0.3 is 18.1 Å². The van der Waals surface area contributed by atoms with Gasteiger partial charge in [-0.3, -0.25) is 0 Å². The van der Waals surface area contributed by atoms with Crippen molar-refractivity contribution in [2.24, 2.45) is 0 Å². The number of hydrogen-bond donors (Lipinski definition) is 1. The molecular formula is C34H25Br2F5N4O7. The largest absolute Gasteiger partial charge is 0.491 e. The number of carbonyl (C=O) groups is 2. The maximum atomic E-state index is 14.0. The number of benzene rings is 3. The number of aromatic nitrogens is 4. The van der Waals surface area contributed by atoms with Gasteiger partial charge in [-0.2, -0.15) is 13.2 Å². The second-order valence-electron chi connectivity index (χ2n) is 11.2. The van der Waals surface area contributed by atoms with Gasteiger partial charge in [0.25, 0.3) is 0 Å². The molecule has 18 heteroatoms. The SMILES string of the molecule is COC(=O)c1cn2c(n1)-c1cc(Br)c(F)cc1OCC2.COC(=O)c1nc2n(c1C(O)c1cccc(C(F)(F)F)c1)CCOc1cc(F)c(Br)cc1-2. The van der Waals surface area contributed by atoms with Crippen molar-refractivity contribution in [1.82, 2.24) is 19.1 Å². The second kappa shape index (κ2) is 14.7. The number of ether oxygens (including phenoxy) is 4. The smallest absolute Gasteiger partial charge is 0.416 e. The lowest BCUT2D eigenvalue weighted by Gasteiger charge is -2.17. The van der Waals surface area contributed by atoms with Gasteiger partial charge < -0.3 is 33.2 Å². The Kier molecular flexibility index (Phi) is 10.4. The van der Waals surface area contributed by atoms with Crippen molar-refractivity contribution < 1.29 is 55.6 Å². The van der Waals surface area contributed by atoms with Crippen LogP contribution in [0.25, 0.3) is 22.8 Å². The maximum absolute atomic E-state index is 14.0. The first-order valence-corrected chi connectivity index (χ1v) is 16.7. The van der Waals surface area contributed by atoms with Crippen LogP contribution in [0.15, 0.2) is 63.7 Å². The highest BCUT2D eigenvalue weighted by Gasteiger charge is 2.35. The Morgan fingerprint density at radius 1 is 0.865 bits per heavy atom. The van der Waals surface area contributed by atoms with Crippen LogP contribution in [0.2, 0.25) is 0 Å². The fourth-order valence-electron chi connectivity index (χ4n) is 5.61. The number of methoxy groups -OCH3 is 2. The Hall–Kier alpha value is -4.81. The van der Waals surface area contributed by atoms with Gasteiger partial charge in [-0.25, -0.2) is 28.3 Å². The van der Waals surface area contributed by atoms with Gasteiger partial charge in [-0.15, -0.1) is 0 Å². The minimum absolute atomic E-state index is 0.0420. The molecule has 2 aromatic heterocycles. The number of halogens is 7. The molecule has 272 valence electrons. The summed E-state index contributed by atoms with van der Waals surface area (Å²) in [6.45, 7) is 1.03. The zero-order valence-electron chi connectivity index (χ0n) is 26.9. The van der Waals surface area contributed by atoms with Crippen LogP contribution in [0.1, 0.15) is 43.9 Å². The molecule has 0 spiro atoms. The topological polar surface area (TPSA) is 127 Å². The summed E-state index contributed by atoms with van der Waals surface area (Å²) in [6, 6.07) is 9.63. The molecule has 2 aliphatic heterocycles. The van der Waals surface area contributed by atoms with Gasteiger partial charge in [0.15, 0.2) is 11.4 Å². The summed E-state index contributed by atoms with van der Waals surface area (Å²) in [7, 11) is 2.42. The fourth-order valence-corrected chi connectivity index (χ4v) is 6.30. The lowest BCUT2D eigenvalue weighted by atomic mass is 10.0. The van der Waals surface area contributed by atoms with E-state index in [0.29, 0.717) is 40.3 Å². The Bertz CT molecular complexity index is 2210. The normalized spacial score (nSPS) is 13.7. The van der Waals surface area contributed by atoms with Crippen LogP contribution in [-0.2, 0) is 28.7 Å². The van der Waals surface area contributed by atoms with Crippen molar-refractivity contribution in [2.45, 2.75) is 25.4 Å². The van der Waals surface area contributed by atoms with E-state index in [4.69, 9.17) is 14.2 Å². The number of hydrogen-bond acceptors (Lipinski definition) is 9. The molecule has 0 saturated heterocycles. The van der Waals surface area contributed by atoms with Crippen LogP contribution in [0, 0.1) is 11.6 Å². The molecule has 1 atom stereocenters. The number of alkyl halides is 3. The van der Waals surface area contributed by atoms with E-state index < -0.39 is 41.4 Å². The van der Waals surface area contributed by atoms with E-state index in [1.165, 1.54) is 29.9 Å². The van der Waals surface area contributed by atoms with E-state index in [2.05, 4.69) is 46.6 Å². The van der Waals surface area contributed by atoms with E-state index >= 15 is 0 Å². The van der Waals surface area contributed by atoms with Crippen molar-refractivity contribution >= 4 is 43.8 Å². The molecule has 0 fully saturated rings. The number of aliphatic hydroxyl groups excluding tert-OH is 1. The summed E-state index contributed by atoms with van der Waals surface area (Å²) in [5, 5.41) is 11.0. The van der Waals surface area contributed by atoms with Crippen LogP contribution in [0.3, 0.4) is 0 Å². The van der Waals surface area contributed by atoms with Crippen LogP contribution < -0.4 is 9.47 Å². The molecule has 0 aliphatic carbocycles. The molecule has 0 amide bonds. The average molecular weight is 856 g/mol. The number of imidazole rings is 2. The highest BCUT2D eigenvalue weighted by atomic mass is 79.9. The molecule has 52 heavy (non-hydrogen) atoms. The highest BCUT2D eigenvalue weighted by molar-refractivity contribution is 9.10. The van der Waals surface area contributed by atoms with E-state index in [1.807, 2.05) is 0 Å². The van der Waals surface area contributed by atoms with Crippen LogP contribution in [0.5, 0.6) is 11.5 Å². The molecule has 5 aromatic rings. The number of nitrogens with zero attached hydrogens (tertiary/aromatic N) is 4. The van der Waals surface area contributed by atoms with Crippen molar-refractivity contribution in [3.8, 4) is 34.3 Å². The standard InChI is InChI=1S/C21H15BrF4N2O4.C13H10BrFN2O3/c1-31-20(30)16-17(18(29)10-3-2-4-11(7-10)21(24,25)26)28-5-6-32-15-9-14(23)13(22)8-12(15)19(28)27-16;1-19-13(18)10-6-17-2-3-20-11-5-9(15)8(14)4-7(11)12(17)16-10/h2-4,7-9,18,29H,5-6H2,1H3;4-6H,2-3H2,1H3. The fraction of sp³-hybridized carbons (Fsp3) is 0.235. The molecule has 0 saturated carbocycles. The molecule has 1 N–H and O–H groups in total. The highest BCUT2D eigenvalue weighted by Crippen LogP contribution is 2.40. The first kappa shape index (κ1) is 37.0. The first-order valence-electron chi connectivity index (χ1n) is 15.2. The number of carbonyl (C=O) groups excluding carboxylic acids is 2. The monoisotopic (exact) mass is 854 g/mol. The zero-order valence-corrected chi connectivity index (χ0v) is 30.1. The molecule has 7 rings (SSSR count). The van der Waals surface area contributed by atoms with E-state index in [9.17, 15) is 36.6 Å². The van der Waals surface area contributed by atoms with E-state index in [0.717, 1.165) is 31.4 Å². The van der Waals surface area contributed by atoms with Gasteiger partial charge in [-0.1, -0.05) is 12.1 Å². The maximum Gasteiger partial charge on any atom is 0.416 e. The number of rotatable bonds is 4. The average Bonchev–Trinajstić information content (AvgIpc) is 3.62. The molecule has 3 aromatic carbocycles. The molecule has 1 unspecified atom stereocenters. The molecule has 0 bridgehead atoms. The summed E-state index contributed by atoms with van der Waals surface area (Å²) in [5.41, 5.74) is -0.162. The van der Waals surface area contributed by atoms with Crippen LogP contribution >= 0.6 is 31.9 Å². The Balaban J connectivity index is 0.000000198. The van der Waals surface area contributed by atoms with Crippen molar-refractivity contribution in [3.05, 3.63) is 104 Å². The van der Waals surface area contributed by atoms with Crippen molar-refractivity contribution in [3.63, 3.8) is 0 Å². The summed E-state index contributed by atoms with van der Waals surface area (Å²) in [4.78, 5) is 32.5. The minimum atomic E-state index is -4.61. The number of aliphatic hydroxyl groups is 1. The minimum Gasteiger partial charge on any atom is -0.491 e. The van der Waals surface area contributed by atoms with Gasteiger partial charge in [0, 0.05) is 18.3 Å². The predicted molar refractivity (Wildman–Crippen MR) is 180 cm³/mol. The summed E-state index contributed by atoms with van der Waals surface area (Å²) in [5.74, 6) is -1.04. The van der Waals surface area contributed by atoms with Gasteiger partial charge in [0.2, 0.25) is 0 Å². The Morgan fingerprint density at radius 2 is 1.46 bits per heavy atom. The third kappa shape index (κ3) is 7.14. The van der Waals surface area contributed by atoms with Crippen LogP contribution in [-0.4, -0.2) is 63.6 Å². The third-order valence-electron chi connectivity index (χ3n) is 8.03. The summed E-state index contributed by atoms with van der Waals surface area (Å²) >= 11 is 6.24. The molecule has 2 aliphatic rings. The quantitative estimate of drug-likeness (QED) is 0.146. The molecule has 11 nitrogen and oxygen atoms in total. The summed E-state index contributed by atoms with van der Waals surface area (Å²) in [6.07, 6.45) is -4.63. The predicted octanol–water partition coefficient (Wildman–Crippen LogP) is 7.36. The summed E-state index contributed by atoms with van der Waals surface area (Å²) < 4.78 is 91.3. The first-order chi connectivity index (χ1) is 24.7. The lowest BCUT2D eigenvalue weighted by Crippen LogP contribution is -2.17. The second-order valence-corrected chi connectivity index (χ2v) is 12.9. The van der Waals surface area contributed by atoms with E-state index in [1.54, 1.807) is 16.8 Å². The van der Waals surface area contributed by atoms with Crippen molar-refractivity contribution in [1.29, 1.82) is 0 Å². The number of fused-ring (bicyclic) bond motifs is 6. The number of esters is 2. The molecule has 0 radical (unpaired) electrons. The Morgan fingerprint density at radius 3 is 2.06 bits per heavy atom. The van der Waals surface area contributed by atoms with Crippen molar-refractivity contribution in [2.75, 3.05) is 27.4 Å². The molecule has 4 heterocycles. The van der Waals surface area contributed by atoms with Gasteiger partial charge in [0.05, 0.1) is 58.6 Å². The van der Waals surface area contributed by atoms with Gasteiger partial charge in [-0.05, 0) is 61.7 Å². The lowest BCUT2D eigenvalue weighted by molar-refractivity contribution is -0.137.